The fourth-order valence-electron chi connectivity index (χ4n) is 0. The van der Waals surface area contributed by atoms with Crippen LogP contribution >= 0.6 is 0 Å². The summed E-state index contributed by atoms with van der Waals surface area (Å²) >= 11 is 0. The van der Waals surface area contributed by atoms with E-state index in [4.69, 9.17) is 0 Å². The molecule has 0 aromatic heterocycles. The quantitative estimate of drug-likeness (QED) is 0.587. The maximum Gasteiger partial charge on any atom is 3.00 e. The summed E-state index contributed by atoms with van der Waals surface area (Å²) in [5.41, 5.74) is 0. The summed E-state index contributed by atoms with van der Waals surface area (Å²) in [5, 5.41) is 0. The van der Waals surface area contributed by atoms with Gasteiger partial charge in [0.05, 0.1) is 0 Å². The molecule has 0 atom stereocenters. The van der Waals surface area contributed by atoms with Gasteiger partial charge in [-0.15, -0.1) is 0 Å². The second kappa shape index (κ2) is 18.3. The van der Waals surface area contributed by atoms with E-state index >= 15 is 0 Å². The van der Waals surface area contributed by atoms with Crippen LogP contribution in [0.5, 0.6) is 0 Å². The van der Waals surface area contributed by atoms with E-state index in [0.29, 0.717) is 0 Å². The first-order valence-corrected chi connectivity index (χ1v) is 0. The van der Waals surface area contributed by atoms with E-state index in [1.807, 2.05) is 0 Å². The van der Waals surface area contributed by atoms with Crippen molar-refractivity contribution in [2.75, 3.05) is 0 Å². The first-order valence-electron chi connectivity index (χ1n) is 0. The van der Waals surface area contributed by atoms with Gasteiger partial charge in [-0.05, 0) is 0 Å². The Morgan fingerprint density at radius 1 is 0.750 bits per heavy atom. The van der Waals surface area contributed by atoms with Crippen LogP contribution in [0, 0.1) is 39.9 Å². The molecule has 4 heavy (non-hydrogen) atoms. The van der Waals surface area contributed by atoms with Gasteiger partial charge >= 0.3 is 72.6 Å². The van der Waals surface area contributed by atoms with Crippen LogP contribution in [0.15, 0.2) is 0 Å². The van der Waals surface area contributed by atoms with Crippen LogP contribution in [-0.2, 0) is 43.7 Å². The van der Waals surface area contributed by atoms with Crippen LogP contribution in [-0.4, -0.2) is 0 Å². The molecule has 0 rings (SSSR count). The molecule has 0 fully saturated rings. The van der Waals surface area contributed by atoms with Crippen LogP contribution in [0.25, 0.3) is 0 Å². The van der Waals surface area contributed by atoms with Gasteiger partial charge in [0.15, 0.2) is 0 Å². The maximum atomic E-state index is 0. The van der Waals surface area contributed by atoms with Crippen LogP contribution in [0.1, 0.15) is 0 Å². The van der Waals surface area contributed by atoms with Gasteiger partial charge in [0, 0.05) is 0 Å². The molecule has 21 valence electrons. The van der Waals surface area contributed by atoms with Crippen molar-refractivity contribution in [2.24, 2.45) is 0 Å². The molecule has 0 bridgehead atoms. The molecular formula is GdO2Y+2. The van der Waals surface area contributed by atoms with Crippen molar-refractivity contribution in [3.8, 4) is 0 Å². The maximum absolute atomic E-state index is 0. The first-order chi connectivity index (χ1) is 0. The van der Waals surface area contributed by atoms with Crippen molar-refractivity contribution >= 4 is 0 Å². The molecular weight excluding hydrogens is 278 g/mol. The molecule has 0 saturated heterocycles. The third kappa shape index (κ3) is 8.84. The van der Waals surface area contributed by atoms with Crippen LogP contribution < -0.4 is 0 Å². The fraction of sp³-hybridized carbons (Fsp3) is 0. The SMILES string of the molecule is [Gd+3].[O-2].[O-2].[Y+3]. The Labute approximate surface area is 81.9 Å². The van der Waals surface area contributed by atoms with Crippen molar-refractivity contribution < 1.29 is 83.6 Å². The molecule has 0 aliphatic rings. The Morgan fingerprint density at radius 2 is 0.750 bits per heavy atom. The summed E-state index contributed by atoms with van der Waals surface area (Å²) in [5.74, 6) is 0. The fourth-order valence-corrected chi connectivity index (χ4v) is 0. The minimum absolute atomic E-state index is 0. The Morgan fingerprint density at radius 3 is 0.750 bits per heavy atom. The van der Waals surface area contributed by atoms with Crippen molar-refractivity contribution in [1.29, 1.82) is 0 Å². The second-order valence-corrected chi connectivity index (χ2v) is 0. The van der Waals surface area contributed by atoms with Crippen LogP contribution in [0.2, 0.25) is 0 Å². The van der Waals surface area contributed by atoms with Gasteiger partial charge in [-0.3, -0.25) is 0 Å². The van der Waals surface area contributed by atoms with Gasteiger partial charge < -0.3 is 11.0 Å². The summed E-state index contributed by atoms with van der Waals surface area (Å²) < 4.78 is 0. The Bertz CT molecular complexity index is 6.00. The summed E-state index contributed by atoms with van der Waals surface area (Å²) in [6, 6.07) is 0. The van der Waals surface area contributed by atoms with E-state index in [1.165, 1.54) is 0 Å². The number of rotatable bonds is 0. The predicted molar refractivity (Wildman–Crippen MR) is 1.37 cm³/mol. The molecule has 0 aliphatic heterocycles. The molecule has 0 unspecified atom stereocenters. The minimum atomic E-state index is 0. The average Bonchev–Trinajstić information content (AvgIpc) is 0. The smallest absolute Gasteiger partial charge is 2.00 e. The van der Waals surface area contributed by atoms with Crippen molar-refractivity contribution in [2.45, 2.75) is 0 Å². The van der Waals surface area contributed by atoms with E-state index in [1.54, 1.807) is 0 Å². The molecule has 0 aliphatic carbocycles. The zero-order chi connectivity index (χ0) is 0. The van der Waals surface area contributed by atoms with Gasteiger partial charge in [-0.2, -0.15) is 0 Å². The molecule has 0 N–H and O–H groups in total. The van der Waals surface area contributed by atoms with E-state index in [0.717, 1.165) is 0 Å². The Hall–Kier alpha value is 2.35. The summed E-state index contributed by atoms with van der Waals surface area (Å²) in [7, 11) is 0. The topological polar surface area (TPSA) is 57.0 Å². The standard InChI is InChI=1S/Gd.2O.Y/q+3;2*-2;+3. The van der Waals surface area contributed by atoms with E-state index in [9.17, 15) is 0 Å². The normalized spacial score (nSPS) is 0. The molecule has 4 heteroatoms. The van der Waals surface area contributed by atoms with Gasteiger partial charge in [0.2, 0.25) is 0 Å². The molecule has 0 heterocycles. The third-order valence-electron chi connectivity index (χ3n) is 0. The molecule has 0 aromatic rings. The Balaban J connectivity index is 0. The average molecular weight is 278 g/mol. The van der Waals surface area contributed by atoms with Gasteiger partial charge in [0.1, 0.15) is 0 Å². The van der Waals surface area contributed by atoms with Gasteiger partial charge in [0.25, 0.3) is 0 Å². The van der Waals surface area contributed by atoms with Crippen LogP contribution in [0.4, 0.5) is 0 Å². The largest absolute Gasteiger partial charge is 3.00 e. The molecule has 0 amide bonds. The molecule has 1 radical (unpaired) electrons. The first kappa shape index (κ1) is 32.9. The second-order valence-electron chi connectivity index (χ2n) is 0. The monoisotopic (exact) mass is 279 g/mol. The number of hydrogen-bond donors (Lipinski definition) is 0. The van der Waals surface area contributed by atoms with Crippen LogP contribution in [0.3, 0.4) is 0 Å². The van der Waals surface area contributed by atoms with Crippen molar-refractivity contribution in [3.05, 3.63) is 0 Å². The summed E-state index contributed by atoms with van der Waals surface area (Å²) in [6.45, 7) is 0. The third-order valence-corrected chi connectivity index (χ3v) is 0. The number of hydrogen-bond acceptors (Lipinski definition) is 0. The van der Waals surface area contributed by atoms with E-state index in [2.05, 4.69) is 0 Å². The van der Waals surface area contributed by atoms with Crippen molar-refractivity contribution in [3.63, 3.8) is 0 Å². The van der Waals surface area contributed by atoms with Gasteiger partial charge in [-0.1, -0.05) is 0 Å². The Kier molecular flexibility index (Phi) is 151. The molecule has 0 spiro atoms. The minimum Gasteiger partial charge on any atom is -2.00 e. The molecule has 0 aromatic carbocycles. The molecule has 2 nitrogen and oxygen atoms in total. The van der Waals surface area contributed by atoms with Crippen molar-refractivity contribution in [1.82, 2.24) is 0 Å². The molecule has 0 saturated carbocycles. The zero-order valence-corrected chi connectivity index (χ0v) is 6.85. The summed E-state index contributed by atoms with van der Waals surface area (Å²) in [4.78, 5) is 0. The van der Waals surface area contributed by atoms with Gasteiger partial charge in [-0.25, -0.2) is 0 Å². The van der Waals surface area contributed by atoms with E-state index < -0.39 is 0 Å². The zero-order valence-electron chi connectivity index (χ0n) is 1.75. The predicted octanol–water partition coefficient (Wildman–Crippen LogP) is -0.240. The van der Waals surface area contributed by atoms with E-state index in [-0.39, 0.29) is 83.6 Å². The summed E-state index contributed by atoms with van der Waals surface area (Å²) in [6.07, 6.45) is 0.